The van der Waals surface area contributed by atoms with Gasteiger partial charge in [0.25, 0.3) is 0 Å². The van der Waals surface area contributed by atoms with Crippen LogP contribution in [0.4, 0.5) is 0 Å². The zero-order chi connectivity index (χ0) is 16.1. The zero-order valence-corrected chi connectivity index (χ0v) is 14.8. The second-order valence-electron chi connectivity index (χ2n) is 6.97. The van der Waals surface area contributed by atoms with Crippen molar-refractivity contribution in [1.29, 1.82) is 0 Å². The molecule has 0 radical (unpaired) electrons. The molecule has 0 amide bonds. The molecule has 0 bridgehead atoms. The molecule has 0 heterocycles. The summed E-state index contributed by atoms with van der Waals surface area (Å²) in [6, 6.07) is 0. The van der Waals surface area contributed by atoms with E-state index in [1.54, 1.807) is 0 Å². The van der Waals surface area contributed by atoms with Crippen molar-refractivity contribution in [3.8, 4) is 0 Å². The van der Waals surface area contributed by atoms with Crippen LogP contribution < -0.4 is 0 Å². The van der Waals surface area contributed by atoms with E-state index in [-0.39, 0.29) is 11.5 Å². The van der Waals surface area contributed by atoms with Gasteiger partial charge in [-0.15, -0.1) is 0 Å². The third-order valence-corrected chi connectivity index (χ3v) is 4.14. The molecule has 0 spiro atoms. The molecule has 1 heteroatoms. The van der Waals surface area contributed by atoms with E-state index in [9.17, 15) is 5.11 Å². The lowest BCUT2D eigenvalue weighted by Gasteiger charge is -2.31. The molecule has 0 rings (SSSR count). The van der Waals surface area contributed by atoms with Crippen molar-refractivity contribution in [2.45, 2.75) is 79.2 Å². The number of hydrogen-bond donors (Lipinski definition) is 1. The van der Waals surface area contributed by atoms with Gasteiger partial charge in [-0.1, -0.05) is 64.2 Å². The number of aliphatic hydroxyl groups is 1. The number of allylic oxidation sites excluding steroid dienone is 6. The summed E-state index contributed by atoms with van der Waals surface area (Å²) in [6.07, 6.45) is 19.5. The highest BCUT2D eigenvalue weighted by atomic mass is 16.3. The molecule has 0 aromatic heterocycles. The summed E-state index contributed by atoms with van der Waals surface area (Å²) in [5.41, 5.74) is 0.181. The first-order valence-corrected chi connectivity index (χ1v) is 8.48. The molecule has 1 N–H and O–H groups in total. The molecular formula is C20H36O. The summed E-state index contributed by atoms with van der Waals surface area (Å²) in [5, 5.41) is 10.1. The van der Waals surface area contributed by atoms with E-state index in [0.717, 1.165) is 38.5 Å². The lowest BCUT2D eigenvalue weighted by atomic mass is 9.77. The molecule has 0 aromatic rings. The van der Waals surface area contributed by atoms with Gasteiger partial charge < -0.3 is 5.11 Å². The molecule has 0 aliphatic heterocycles. The average molecular weight is 293 g/mol. The largest absolute Gasteiger partial charge is 0.393 e. The van der Waals surface area contributed by atoms with Crippen LogP contribution in [0.2, 0.25) is 0 Å². The fraction of sp³-hybridized carbons (Fsp3) is 0.700. The maximum Gasteiger partial charge on any atom is 0.0573 e. The monoisotopic (exact) mass is 292 g/mol. The Hall–Kier alpha value is -0.820. The van der Waals surface area contributed by atoms with Crippen molar-refractivity contribution in [3.63, 3.8) is 0 Å². The molecule has 0 fully saturated rings. The van der Waals surface area contributed by atoms with Gasteiger partial charge >= 0.3 is 0 Å². The third kappa shape index (κ3) is 11.5. The second-order valence-corrected chi connectivity index (χ2v) is 6.97. The van der Waals surface area contributed by atoms with E-state index >= 15 is 0 Å². The van der Waals surface area contributed by atoms with E-state index < -0.39 is 0 Å². The van der Waals surface area contributed by atoms with Crippen LogP contribution in [-0.4, -0.2) is 11.2 Å². The minimum absolute atomic E-state index is 0.181. The Kier molecular flexibility index (Phi) is 11.3. The van der Waals surface area contributed by atoms with Crippen LogP contribution in [0.15, 0.2) is 36.5 Å². The highest BCUT2D eigenvalue weighted by Gasteiger charge is 2.26. The van der Waals surface area contributed by atoms with Crippen molar-refractivity contribution in [3.05, 3.63) is 36.5 Å². The highest BCUT2D eigenvalue weighted by molar-refractivity contribution is 4.90. The average Bonchev–Trinajstić information content (AvgIpc) is 2.42. The molecule has 122 valence electrons. The van der Waals surface area contributed by atoms with Crippen LogP contribution in [0.3, 0.4) is 0 Å². The van der Waals surface area contributed by atoms with Crippen LogP contribution >= 0.6 is 0 Å². The summed E-state index contributed by atoms with van der Waals surface area (Å²) < 4.78 is 0. The number of unbranched alkanes of at least 4 members (excludes halogenated alkanes) is 2. The Morgan fingerprint density at radius 3 is 1.67 bits per heavy atom. The van der Waals surface area contributed by atoms with Crippen molar-refractivity contribution in [2.75, 3.05) is 0 Å². The van der Waals surface area contributed by atoms with Crippen LogP contribution in [0.25, 0.3) is 0 Å². The minimum atomic E-state index is -0.193. The van der Waals surface area contributed by atoms with Crippen molar-refractivity contribution < 1.29 is 5.11 Å². The summed E-state index contributed by atoms with van der Waals surface area (Å²) >= 11 is 0. The van der Waals surface area contributed by atoms with Crippen molar-refractivity contribution in [2.24, 2.45) is 11.3 Å². The number of aliphatic hydroxyl groups excluding tert-OH is 1. The van der Waals surface area contributed by atoms with E-state index in [0.29, 0.717) is 5.92 Å². The van der Waals surface area contributed by atoms with Crippen LogP contribution in [0, 0.1) is 11.3 Å². The molecule has 1 nitrogen and oxygen atoms in total. The smallest absolute Gasteiger partial charge is 0.0573 e. The lowest BCUT2D eigenvalue weighted by molar-refractivity contribution is 0.0486. The van der Waals surface area contributed by atoms with E-state index in [4.69, 9.17) is 0 Å². The van der Waals surface area contributed by atoms with Crippen molar-refractivity contribution >= 4 is 0 Å². The molecule has 0 saturated carbocycles. The standard InChI is InChI=1S/C20H36O/c1-6-7-8-9-10-11-12-13-14-15-16-17-19(21)18(2)20(3,4)5/h6-7,10-11,14-15,18-19,21H,8-9,12-13,16-17H2,1-5H3. The van der Waals surface area contributed by atoms with Gasteiger partial charge in [0, 0.05) is 0 Å². The molecule has 0 aliphatic rings. The second kappa shape index (κ2) is 11.8. The quantitative estimate of drug-likeness (QED) is 0.383. The molecule has 0 aromatic carbocycles. The predicted molar refractivity (Wildman–Crippen MR) is 95.4 cm³/mol. The van der Waals surface area contributed by atoms with Gasteiger partial charge in [0.1, 0.15) is 0 Å². The van der Waals surface area contributed by atoms with Gasteiger partial charge in [0.2, 0.25) is 0 Å². The normalized spacial score (nSPS) is 16.3. The maximum absolute atomic E-state index is 10.1. The number of hydrogen-bond acceptors (Lipinski definition) is 1. The molecular weight excluding hydrogens is 256 g/mol. The van der Waals surface area contributed by atoms with E-state index in [2.05, 4.69) is 71.1 Å². The van der Waals surface area contributed by atoms with Gasteiger partial charge in [-0.25, -0.2) is 0 Å². The first-order valence-electron chi connectivity index (χ1n) is 8.48. The van der Waals surface area contributed by atoms with E-state index in [1.165, 1.54) is 0 Å². The Morgan fingerprint density at radius 1 is 0.810 bits per heavy atom. The Balaban J connectivity index is 3.65. The Morgan fingerprint density at radius 2 is 1.24 bits per heavy atom. The first-order chi connectivity index (χ1) is 9.89. The highest BCUT2D eigenvalue weighted by Crippen LogP contribution is 2.29. The number of rotatable bonds is 10. The van der Waals surface area contributed by atoms with E-state index in [1.807, 2.05) is 0 Å². The molecule has 2 unspecified atom stereocenters. The van der Waals surface area contributed by atoms with Gasteiger partial charge in [0.05, 0.1) is 6.10 Å². The SMILES string of the molecule is CC=CCCC=CCCC=CCCC(O)C(C)C(C)(C)C. The topological polar surface area (TPSA) is 20.2 Å². The third-order valence-electron chi connectivity index (χ3n) is 4.14. The maximum atomic E-state index is 10.1. The molecule has 2 atom stereocenters. The van der Waals surface area contributed by atoms with Crippen LogP contribution in [-0.2, 0) is 0 Å². The van der Waals surface area contributed by atoms with Gasteiger partial charge in [-0.05, 0) is 56.8 Å². The van der Waals surface area contributed by atoms with Crippen molar-refractivity contribution in [1.82, 2.24) is 0 Å². The summed E-state index contributed by atoms with van der Waals surface area (Å²) in [6.45, 7) is 10.8. The predicted octanol–water partition coefficient (Wildman–Crippen LogP) is 6.06. The molecule has 21 heavy (non-hydrogen) atoms. The summed E-state index contributed by atoms with van der Waals surface area (Å²) in [5.74, 6) is 0.339. The Labute approximate surface area is 132 Å². The summed E-state index contributed by atoms with van der Waals surface area (Å²) in [4.78, 5) is 0. The van der Waals surface area contributed by atoms with Crippen LogP contribution in [0.5, 0.6) is 0 Å². The van der Waals surface area contributed by atoms with Crippen LogP contribution in [0.1, 0.15) is 73.1 Å². The molecule has 0 saturated heterocycles. The van der Waals surface area contributed by atoms with Gasteiger partial charge in [0.15, 0.2) is 0 Å². The zero-order valence-electron chi connectivity index (χ0n) is 14.8. The van der Waals surface area contributed by atoms with Gasteiger partial charge in [-0.3, -0.25) is 0 Å². The minimum Gasteiger partial charge on any atom is -0.393 e. The fourth-order valence-corrected chi connectivity index (χ4v) is 2.12. The first kappa shape index (κ1) is 20.2. The Bertz CT molecular complexity index is 317. The summed E-state index contributed by atoms with van der Waals surface area (Å²) in [7, 11) is 0. The lowest BCUT2D eigenvalue weighted by Crippen LogP contribution is -2.29. The van der Waals surface area contributed by atoms with Gasteiger partial charge in [-0.2, -0.15) is 0 Å². The molecule has 0 aliphatic carbocycles. The fourth-order valence-electron chi connectivity index (χ4n) is 2.12.